The van der Waals surface area contributed by atoms with Gasteiger partial charge in [-0.25, -0.2) is 0 Å². The Morgan fingerprint density at radius 2 is 2.20 bits per heavy atom. The number of hydrogen-bond acceptors (Lipinski definition) is 3. The second-order valence-corrected chi connectivity index (χ2v) is 5.39. The maximum atomic E-state index is 4.24. The Labute approximate surface area is 100 Å². The summed E-state index contributed by atoms with van der Waals surface area (Å²) in [4.78, 5) is 4.92. The summed E-state index contributed by atoms with van der Waals surface area (Å²) in [6.45, 7) is 5.06. The van der Waals surface area contributed by atoms with E-state index < -0.39 is 0 Å². The topological polar surface area (TPSA) is 6.48 Å². The molecule has 1 atom stereocenters. The van der Waals surface area contributed by atoms with E-state index >= 15 is 0 Å². The highest BCUT2D eigenvalue weighted by Gasteiger charge is 2.16. The van der Waals surface area contributed by atoms with Crippen LogP contribution in [0.2, 0.25) is 0 Å². The maximum Gasteiger partial charge on any atom is 0.000709 e. The summed E-state index contributed by atoms with van der Waals surface area (Å²) in [6, 6.07) is 0. The number of piperidine rings is 1. The van der Waals surface area contributed by atoms with Crippen molar-refractivity contribution in [3.8, 4) is 0 Å². The van der Waals surface area contributed by atoms with Crippen molar-refractivity contribution in [1.82, 2.24) is 9.80 Å². The van der Waals surface area contributed by atoms with Crippen molar-refractivity contribution in [2.45, 2.75) is 25.7 Å². The first-order valence-corrected chi connectivity index (χ1v) is 6.83. The van der Waals surface area contributed by atoms with Gasteiger partial charge in [-0.15, -0.1) is 0 Å². The molecule has 1 rings (SSSR count). The van der Waals surface area contributed by atoms with E-state index in [0.29, 0.717) is 0 Å². The van der Waals surface area contributed by atoms with Gasteiger partial charge in [-0.2, -0.15) is 12.6 Å². The monoisotopic (exact) mass is 230 g/mol. The van der Waals surface area contributed by atoms with E-state index in [0.717, 1.165) is 11.7 Å². The van der Waals surface area contributed by atoms with Gasteiger partial charge >= 0.3 is 0 Å². The number of nitrogens with zero attached hydrogens (tertiary/aromatic N) is 2. The summed E-state index contributed by atoms with van der Waals surface area (Å²) in [5.41, 5.74) is 0. The maximum absolute atomic E-state index is 4.24. The Morgan fingerprint density at radius 3 is 2.87 bits per heavy atom. The molecular formula is C12H26N2S. The van der Waals surface area contributed by atoms with Crippen LogP contribution in [0.1, 0.15) is 25.7 Å². The van der Waals surface area contributed by atoms with Crippen molar-refractivity contribution >= 4 is 12.6 Å². The minimum Gasteiger partial charge on any atom is -0.306 e. The molecule has 2 nitrogen and oxygen atoms in total. The van der Waals surface area contributed by atoms with Gasteiger partial charge in [0.15, 0.2) is 0 Å². The van der Waals surface area contributed by atoms with Gasteiger partial charge in [-0.3, -0.25) is 0 Å². The highest BCUT2D eigenvalue weighted by Crippen LogP contribution is 2.18. The van der Waals surface area contributed by atoms with E-state index in [4.69, 9.17) is 0 Å². The van der Waals surface area contributed by atoms with Gasteiger partial charge in [0.2, 0.25) is 0 Å². The number of rotatable bonds is 6. The Balaban J connectivity index is 2.07. The molecule has 1 heterocycles. The Bertz CT molecular complexity index is 164. The van der Waals surface area contributed by atoms with Crippen molar-refractivity contribution < 1.29 is 0 Å². The van der Waals surface area contributed by atoms with Crippen molar-refractivity contribution in [2.75, 3.05) is 46.0 Å². The minimum absolute atomic E-state index is 0.933. The summed E-state index contributed by atoms with van der Waals surface area (Å²) < 4.78 is 0. The Morgan fingerprint density at radius 1 is 1.40 bits per heavy atom. The predicted molar refractivity (Wildman–Crippen MR) is 70.8 cm³/mol. The van der Waals surface area contributed by atoms with Gasteiger partial charge < -0.3 is 9.80 Å². The molecule has 1 unspecified atom stereocenters. The second-order valence-electron chi connectivity index (χ2n) is 4.94. The quantitative estimate of drug-likeness (QED) is 0.697. The number of thiol groups is 1. The third-order valence-electron chi connectivity index (χ3n) is 3.34. The molecule has 0 aromatic heterocycles. The summed E-state index contributed by atoms with van der Waals surface area (Å²) >= 11 is 4.24. The fraction of sp³-hybridized carbons (Fsp3) is 1.00. The second kappa shape index (κ2) is 7.53. The molecule has 1 fully saturated rings. The van der Waals surface area contributed by atoms with Crippen LogP contribution in [0.25, 0.3) is 0 Å². The van der Waals surface area contributed by atoms with Crippen LogP contribution in [0.4, 0.5) is 0 Å². The molecule has 0 amide bonds. The number of likely N-dealkylation sites (tertiary alicyclic amines) is 1. The van der Waals surface area contributed by atoms with Crippen molar-refractivity contribution in [1.29, 1.82) is 0 Å². The highest BCUT2D eigenvalue weighted by atomic mass is 32.1. The normalized spacial score (nSPS) is 23.6. The zero-order valence-corrected chi connectivity index (χ0v) is 11.2. The molecule has 1 aliphatic heterocycles. The summed E-state index contributed by atoms with van der Waals surface area (Å²) in [6.07, 6.45) is 5.41. The van der Waals surface area contributed by atoms with Crippen molar-refractivity contribution in [3.63, 3.8) is 0 Å². The van der Waals surface area contributed by atoms with E-state index in [1.54, 1.807) is 0 Å². The number of hydrogen-bond donors (Lipinski definition) is 1. The molecule has 1 aliphatic rings. The highest BCUT2D eigenvalue weighted by molar-refractivity contribution is 7.80. The standard InChI is InChI=1S/C12H26N2S/c1-13(8-4-10-15)9-6-12-5-3-7-14(2)11-12/h12,15H,3-11H2,1-2H3. The SMILES string of the molecule is CN(CCCS)CCC1CCCN(C)C1. The predicted octanol–water partition coefficient (Wildman–Crippen LogP) is 1.97. The third kappa shape index (κ3) is 5.79. The summed E-state index contributed by atoms with van der Waals surface area (Å²) in [5.74, 6) is 1.94. The molecule has 0 aromatic rings. The van der Waals surface area contributed by atoms with Gasteiger partial charge in [-0.1, -0.05) is 0 Å². The zero-order valence-electron chi connectivity index (χ0n) is 10.3. The fourth-order valence-corrected chi connectivity index (χ4v) is 2.51. The molecule has 1 saturated heterocycles. The van der Waals surface area contributed by atoms with Crippen LogP contribution in [0.3, 0.4) is 0 Å². The molecule has 0 aromatic carbocycles. The van der Waals surface area contributed by atoms with Crippen LogP contribution >= 0.6 is 12.6 Å². The molecule has 0 aliphatic carbocycles. The first kappa shape index (κ1) is 13.3. The van der Waals surface area contributed by atoms with Crippen LogP contribution in [-0.4, -0.2) is 55.8 Å². The van der Waals surface area contributed by atoms with Crippen LogP contribution < -0.4 is 0 Å². The minimum atomic E-state index is 0.933. The van der Waals surface area contributed by atoms with Crippen LogP contribution in [0.5, 0.6) is 0 Å². The Kier molecular flexibility index (Phi) is 6.69. The van der Waals surface area contributed by atoms with Gasteiger partial charge in [0, 0.05) is 6.54 Å². The van der Waals surface area contributed by atoms with Crippen molar-refractivity contribution in [3.05, 3.63) is 0 Å². The lowest BCUT2D eigenvalue weighted by Gasteiger charge is -2.30. The van der Waals surface area contributed by atoms with E-state index in [-0.39, 0.29) is 0 Å². The molecule has 0 bridgehead atoms. The first-order valence-electron chi connectivity index (χ1n) is 6.20. The lowest BCUT2D eigenvalue weighted by molar-refractivity contribution is 0.186. The van der Waals surface area contributed by atoms with E-state index in [2.05, 4.69) is 36.5 Å². The van der Waals surface area contributed by atoms with Crippen LogP contribution in [0, 0.1) is 5.92 Å². The third-order valence-corrected chi connectivity index (χ3v) is 3.66. The lowest BCUT2D eigenvalue weighted by Crippen LogP contribution is -2.34. The van der Waals surface area contributed by atoms with Gasteiger partial charge in [0.25, 0.3) is 0 Å². The molecule has 0 saturated carbocycles. The lowest BCUT2D eigenvalue weighted by atomic mass is 9.95. The smallest absolute Gasteiger partial charge is 0.000709 e. The average molecular weight is 230 g/mol. The van der Waals surface area contributed by atoms with Crippen molar-refractivity contribution in [2.24, 2.45) is 5.92 Å². The molecule has 0 N–H and O–H groups in total. The summed E-state index contributed by atoms with van der Waals surface area (Å²) in [5, 5.41) is 0. The summed E-state index contributed by atoms with van der Waals surface area (Å²) in [7, 11) is 4.48. The molecule has 90 valence electrons. The molecule has 0 spiro atoms. The average Bonchev–Trinajstić information content (AvgIpc) is 2.23. The van der Waals surface area contributed by atoms with E-state index in [1.165, 1.54) is 51.9 Å². The Hall–Kier alpha value is 0.270. The molecular weight excluding hydrogens is 204 g/mol. The van der Waals surface area contributed by atoms with Gasteiger partial charge in [-0.05, 0) is 71.1 Å². The molecule has 15 heavy (non-hydrogen) atoms. The first-order chi connectivity index (χ1) is 7.22. The van der Waals surface area contributed by atoms with Gasteiger partial charge in [0.05, 0.1) is 0 Å². The zero-order chi connectivity index (χ0) is 11.1. The largest absolute Gasteiger partial charge is 0.306 e. The van der Waals surface area contributed by atoms with E-state index in [1.807, 2.05) is 0 Å². The molecule has 3 heteroatoms. The van der Waals surface area contributed by atoms with Gasteiger partial charge in [0.1, 0.15) is 0 Å². The van der Waals surface area contributed by atoms with Crippen LogP contribution in [-0.2, 0) is 0 Å². The van der Waals surface area contributed by atoms with E-state index in [9.17, 15) is 0 Å². The fourth-order valence-electron chi connectivity index (χ4n) is 2.36. The molecule has 0 radical (unpaired) electrons. The van der Waals surface area contributed by atoms with Crippen LogP contribution in [0.15, 0.2) is 0 Å².